The Labute approximate surface area is 148 Å². The third-order valence-corrected chi connectivity index (χ3v) is 4.44. The first-order valence-electron chi connectivity index (χ1n) is 8.48. The number of carbonyl (C=O) groups is 1. The molecule has 0 saturated carbocycles. The van der Waals surface area contributed by atoms with E-state index in [-0.39, 0.29) is 5.88 Å². The smallest absolute Gasteiger partial charge is 0.254 e. The monoisotopic (exact) mass is 340 g/mol. The van der Waals surface area contributed by atoms with Gasteiger partial charge in [0.1, 0.15) is 12.2 Å². The number of rotatable bonds is 6. The van der Waals surface area contributed by atoms with E-state index in [2.05, 4.69) is 46.1 Å². The van der Waals surface area contributed by atoms with Crippen LogP contribution in [0.3, 0.4) is 0 Å². The van der Waals surface area contributed by atoms with Crippen LogP contribution in [0, 0.1) is 0 Å². The van der Waals surface area contributed by atoms with Crippen molar-refractivity contribution < 1.29 is 9.53 Å². The van der Waals surface area contributed by atoms with Gasteiger partial charge in [-0.25, -0.2) is 4.98 Å². The summed E-state index contributed by atoms with van der Waals surface area (Å²) in [4.78, 5) is 20.3. The van der Waals surface area contributed by atoms with Gasteiger partial charge in [0.2, 0.25) is 5.88 Å². The van der Waals surface area contributed by atoms with Gasteiger partial charge in [0.15, 0.2) is 0 Å². The summed E-state index contributed by atoms with van der Waals surface area (Å²) < 4.78 is 5.66. The third kappa shape index (κ3) is 4.78. The van der Waals surface area contributed by atoms with Gasteiger partial charge < -0.3 is 15.4 Å². The number of nitrogens with zero attached hydrogens (tertiary/aromatic N) is 3. The van der Waals surface area contributed by atoms with Crippen LogP contribution in [0.25, 0.3) is 0 Å². The number of carbonyl (C=O) groups excluding carboxylic acids is 1. The second-order valence-corrected chi connectivity index (χ2v) is 6.40. The van der Waals surface area contributed by atoms with Gasteiger partial charge in [-0.1, -0.05) is 24.3 Å². The van der Waals surface area contributed by atoms with E-state index in [1.807, 2.05) is 0 Å². The maximum Gasteiger partial charge on any atom is 0.254 e. The Kier molecular flexibility index (Phi) is 5.63. The van der Waals surface area contributed by atoms with Crippen molar-refractivity contribution in [3.05, 3.63) is 59.3 Å². The Balaban J connectivity index is 1.55. The molecule has 1 aliphatic rings. The first kappa shape index (κ1) is 17.4. The van der Waals surface area contributed by atoms with Crippen LogP contribution in [-0.2, 0) is 13.2 Å². The second-order valence-electron chi connectivity index (χ2n) is 6.40. The molecule has 0 atom stereocenters. The van der Waals surface area contributed by atoms with Gasteiger partial charge >= 0.3 is 0 Å². The normalized spacial score (nSPS) is 15.9. The molecule has 1 aliphatic heterocycles. The van der Waals surface area contributed by atoms with Crippen molar-refractivity contribution in [3.8, 4) is 5.88 Å². The lowest BCUT2D eigenvalue weighted by atomic mass is 10.1. The van der Waals surface area contributed by atoms with Crippen LogP contribution >= 0.6 is 0 Å². The van der Waals surface area contributed by atoms with Crippen molar-refractivity contribution in [1.82, 2.24) is 14.8 Å². The summed E-state index contributed by atoms with van der Waals surface area (Å²) >= 11 is 0. The van der Waals surface area contributed by atoms with E-state index in [9.17, 15) is 4.79 Å². The molecular weight excluding hydrogens is 316 g/mol. The summed E-state index contributed by atoms with van der Waals surface area (Å²) in [5.41, 5.74) is 7.96. The molecule has 2 N–H and O–H groups in total. The van der Waals surface area contributed by atoms with E-state index in [1.165, 1.54) is 5.56 Å². The summed E-state index contributed by atoms with van der Waals surface area (Å²) in [6, 6.07) is 11.6. The molecule has 0 unspecified atom stereocenters. The van der Waals surface area contributed by atoms with E-state index < -0.39 is 5.91 Å². The van der Waals surface area contributed by atoms with E-state index in [0.717, 1.165) is 38.3 Å². The minimum absolute atomic E-state index is 0.275. The predicted octanol–water partition coefficient (Wildman–Crippen LogP) is 1.51. The number of amides is 1. The molecule has 1 aromatic heterocycles. The zero-order chi connectivity index (χ0) is 17.6. The summed E-state index contributed by atoms with van der Waals surface area (Å²) in [7, 11) is 2.16. The van der Waals surface area contributed by atoms with Crippen molar-refractivity contribution in [2.75, 3.05) is 33.2 Å². The standard InChI is InChI=1S/C19H24N4O2/c1-22-9-11-23(12-10-22)13-15-4-6-16(7-5-15)14-25-19-17(18(20)24)3-2-8-21-19/h2-8H,9-14H2,1H3,(H2,20,24). The van der Waals surface area contributed by atoms with Crippen LogP contribution < -0.4 is 10.5 Å². The maximum absolute atomic E-state index is 11.4. The molecule has 25 heavy (non-hydrogen) atoms. The molecule has 1 amide bonds. The van der Waals surface area contributed by atoms with Crippen molar-refractivity contribution in [1.29, 1.82) is 0 Å². The zero-order valence-corrected chi connectivity index (χ0v) is 14.5. The third-order valence-electron chi connectivity index (χ3n) is 4.44. The molecule has 132 valence electrons. The average Bonchev–Trinajstić information content (AvgIpc) is 2.63. The molecule has 1 aromatic carbocycles. The van der Waals surface area contributed by atoms with Gasteiger partial charge in [-0.2, -0.15) is 0 Å². The molecule has 0 aliphatic carbocycles. The van der Waals surface area contributed by atoms with E-state index >= 15 is 0 Å². The number of benzene rings is 1. The van der Waals surface area contributed by atoms with E-state index in [1.54, 1.807) is 18.3 Å². The van der Waals surface area contributed by atoms with Crippen molar-refractivity contribution in [2.45, 2.75) is 13.2 Å². The highest BCUT2D eigenvalue weighted by Gasteiger charge is 2.14. The Morgan fingerprint density at radius 1 is 1.12 bits per heavy atom. The van der Waals surface area contributed by atoms with Crippen LogP contribution in [0.4, 0.5) is 0 Å². The van der Waals surface area contributed by atoms with Gasteiger partial charge in [0, 0.05) is 38.9 Å². The number of hydrogen-bond acceptors (Lipinski definition) is 5. The molecule has 6 nitrogen and oxygen atoms in total. The van der Waals surface area contributed by atoms with Crippen LogP contribution in [0.5, 0.6) is 5.88 Å². The number of hydrogen-bond donors (Lipinski definition) is 1. The minimum Gasteiger partial charge on any atom is -0.472 e. The quantitative estimate of drug-likeness (QED) is 0.863. The molecule has 0 bridgehead atoms. The molecule has 6 heteroatoms. The fourth-order valence-electron chi connectivity index (χ4n) is 2.85. The van der Waals surface area contributed by atoms with Crippen molar-refractivity contribution in [2.24, 2.45) is 5.73 Å². The highest BCUT2D eigenvalue weighted by atomic mass is 16.5. The Morgan fingerprint density at radius 3 is 2.48 bits per heavy atom. The summed E-state index contributed by atoms with van der Waals surface area (Å²) in [5, 5.41) is 0. The molecule has 2 aromatic rings. The Morgan fingerprint density at radius 2 is 1.80 bits per heavy atom. The van der Waals surface area contributed by atoms with Crippen molar-refractivity contribution >= 4 is 5.91 Å². The predicted molar refractivity (Wildman–Crippen MR) is 96.3 cm³/mol. The lowest BCUT2D eigenvalue weighted by Crippen LogP contribution is -2.43. The number of pyridine rings is 1. The molecule has 2 heterocycles. The van der Waals surface area contributed by atoms with Gasteiger partial charge in [0.25, 0.3) is 5.91 Å². The van der Waals surface area contributed by atoms with Gasteiger partial charge in [-0.05, 0) is 30.3 Å². The van der Waals surface area contributed by atoms with Crippen LogP contribution in [0.1, 0.15) is 21.5 Å². The summed E-state index contributed by atoms with van der Waals surface area (Å²) in [6.45, 7) is 5.79. The molecular formula is C19H24N4O2. The first-order chi connectivity index (χ1) is 12.1. The van der Waals surface area contributed by atoms with Crippen LogP contribution in [0.2, 0.25) is 0 Å². The van der Waals surface area contributed by atoms with Gasteiger partial charge in [-0.3, -0.25) is 9.69 Å². The molecule has 0 radical (unpaired) electrons. The van der Waals surface area contributed by atoms with Crippen molar-refractivity contribution in [3.63, 3.8) is 0 Å². The van der Waals surface area contributed by atoms with E-state index in [4.69, 9.17) is 10.5 Å². The molecule has 1 fully saturated rings. The largest absolute Gasteiger partial charge is 0.472 e. The SMILES string of the molecule is CN1CCN(Cc2ccc(COc3ncccc3C(N)=O)cc2)CC1. The number of aromatic nitrogens is 1. The van der Waals surface area contributed by atoms with Gasteiger partial charge in [-0.15, -0.1) is 0 Å². The summed E-state index contributed by atoms with van der Waals surface area (Å²) in [6.07, 6.45) is 1.58. The molecule has 0 spiro atoms. The molecule has 1 saturated heterocycles. The average molecular weight is 340 g/mol. The number of nitrogens with two attached hydrogens (primary N) is 1. The Hall–Kier alpha value is -2.44. The minimum atomic E-state index is -0.536. The number of piperazine rings is 1. The maximum atomic E-state index is 11.4. The number of likely N-dealkylation sites (N-methyl/N-ethyl adjacent to an activating group) is 1. The number of ether oxygens (including phenoxy) is 1. The zero-order valence-electron chi connectivity index (χ0n) is 14.5. The van der Waals surface area contributed by atoms with Crippen LogP contribution in [-0.4, -0.2) is 53.9 Å². The lowest BCUT2D eigenvalue weighted by molar-refractivity contribution is 0.0995. The highest BCUT2D eigenvalue weighted by Crippen LogP contribution is 2.16. The number of primary amides is 1. The Bertz CT molecular complexity index is 710. The second kappa shape index (κ2) is 8.09. The van der Waals surface area contributed by atoms with E-state index in [0.29, 0.717) is 12.2 Å². The fraction of sp³-hybridized carbons (Fsp3) is 0.368. The molecule has 3 rings (SSSR count). The van der Waals surface area contributed by atoms with Crippen LogP contribution in [0.15, 0.2) is 42.6 Å². The van der Waals surface area contributed by atoms with Gasteiger partial charge in [0.05, 0.1) is 0 Å². The summed E-state index contributed by atoms with van der Waals surface area (Å²) in [5.74, 6) is -0.262. The first-order valence-corrected chi connectivity index (χ1v) is 8.48. The highest BCUT2D eigenvalue weighted by molar-refractivity contribution is 5.94. The fourth-order valence-corrected chi connectivity index (χ4v) is 2.85. The topological polar surface area (TPSA) is 71.7 Å². The lowest BCUT2D eigenvalue weighted by Gasteiger charge is -2.32.